The number of ketones is 3. The van der Waals surface area contributed by atoms with Crippen molar-refractivity contribution >= 4 is 23.3 Å². The number of carbonyl (C=O) groups is 4. The molecule has 3 N–H and O–H groups in total. The number of rotatable bonds is 6. The summed E-state index contributed by atoms with van der Waals surface area (Å²) in [5.41, 5.74) is -1.17. The molecule has 0 spiro atoms. The van der Waals surface area contributed by atoms with Crippen molar-refractivity contribution in [1.82, 2.24) is 0 Å². The minimum Gasteiger partial charge on any atom is -0.481 e. The second-order valence-electron chi connectivity index (χ2n) is 13.5. The Morgan fingerprint density at radius 1 is 1.00 bits per heavy atom. The first-order valence-electron chi connectivity index (χ1n) is 13.6. The first-order valence-corrected chi connectivity index (χ1v) is 13.6. The van der Waals surface area contributed by atoms with E-state index >= 15 is 0 Å². The third-order valence-electron chi connectivity index (χ3n) is 11.0. The zero-order valence-corrected chi connectivity index (χ0v) is 23.2. The van der Waals surface area contributed by atoms with E-state index in [1.807, 2.05) is 34.6 Å². The van der Waals surface area contributed by atoms with E-state index in [2.05, 4.69) is 6.92 Å². The SMILES string of the molecule is CC(CC(=O)C[C@@H](C)C1=C[C@H](O)[C@@]2(C)C3=C(C(=O)C[C@]12C)[C@@]1(C)CC[C@H](O)C(C)(C)[C@@H]1CC3=O)C(=O)O. The Balaban J connectivity index is 1.75. The Labute approximate surface area is 219 Å². The molecule has 204 valence electrons. The van der Waals surface area contributed by atoms with E-state index in [1.165, 1.54) is 6.92 Å². The summed E-state index contributed by atoms with van der Waals surface area (Å²) in [5.74, 6) is -2.67. The third-order valence-corrected chi connectivity index (χ3v) is 11.0. The van der Waals surface area contributed by atoms with Crippen LogP contribution in [0.1, 0.15) is 87.0 Å². The topological polar surface area (TPSA) is 129 Å². The summed E-state index contributed by atoms with van der Waals surface area (Å²) in [6.45, 7) is 13.2. The predicted octanol–water partition coefficient (Wildman–Crippen LogP) is 4.05. The number of Topliss-reactive ketones (excluding diaryl/α,β-unsaturated/α-hetero) is 3. The van der Waals surface area contributed by atoms with Crippen molar-refractivity contribution in [1.29, 1.82) is 0 Å². The van der Waals surface area contributed by atoms with Crippen LogP contribution < -0.4 is 0 Å². The van der Waals surface area contributed by atoms with E-state index in [0.717, 1.165) is 5.57 Å². The molecule has 0 heterocycles. The fourth-order valence-corrected chi connectivity index (χ4v) is 8.48. The molecule has 0 aromatic carbocycles. The van der Waals surface area contributed by atoms with Gasteiger partial charge in [0.15, 0.2) is 11.6 Å². The molecule has 37 heavy (non-hydrogen) atoms. The van der Waals surface area contributed by atoms with E-state index in [9.17, 15) is 29.4 Å². The summed E-state index contributed by atoms with van der Waals surface area (Å²) in [6.07, 6.45) is 1.74. The summed E-state index contributed by atoms with van der Waals surface area (Å²) in [4.78, 5) is 51.8. The zero-order chi connectivity index (χ0) is 27.9. The van der Waals surface area contributed by atoms with Crippen LogP contribution in [0.15, 0.2) is 22.8 Å². The number of fused-ring (bicyclic) bond motifs is 4. The van der Waals surface area contributed by atoms with E-state index in [0.29, 0.717) is 24.0 Å². The third kappa shape index (κ3) is 3.75. The van der Waals surface area contributed by atoms with Crippen LogP contribution in [-0.2, 0) is 19.2 Å². The number of hydrogen-bond acceptors (Lipinski definition) is 6. The lowest BCUT2D eigenvalue weighted by molar-refractivity contribution is -0.143. The average molecular weight is 515 g/mol. The second kappa shape index (κ2) is 8.70. The number of aliphatic hydroxyl groups is 2. The van der Waals surface area contributed by atoms with Gasteiger partial charge in [0.1, 0.15) is 5.78 Å². The summed E-state index contributed by atoms with van der Waals surface area (Å²) in [5, 5.41) is 31.4. The van der Waals surface area contributed by atoms with Crippen molar-refractivity contribution < 1.29 is 34.5 Å². The van der Waals surface area contributed by atoms with Gasteiger partial charge in [0.05, 0.1) is 18.1 Å². The fraction of sp³-hybridized carbons (Fsp3) is 0.733. The van der Waals surface area contributed by atoms with Crippen LogP contribution in [0.2, 0.25) is 0 Å². The maximum atomic E-state index is 14.0. The highest BCUT2D eigenvalue weighted by Gasteiger charge is 2.68. The van der Waals surface area contributed by atoms with Crippen LogP contribution in [0.25, 0.3) is 0 Å². The van der Waals surface area contributed by atoms with Gasteiger partial charge in [0, 0.05) is 53.1 Å². The molecule has 7 nitrogen and oxygen atoms in total. The number of carboxylic acids is 1. The van der Waals surface area contributed by atoms with Crippen molar-refractivity contribution in [2.45, 2.75) is 99.2 Å². The lowest BCUT2D eigenvalue weighted by Gasteiger charge is -2.60. The summed E-state index contributed by atoms with van der Waals surface area (Å²) < 4.78 is 0. The number of hydrogen-bond donors (Lipinski definition) is 3. The molecule has 8 atom stereocenters. The molecule has 0 bridgehead atoms. The Kier molecular flexibility index (Phi) is 6.56. The zero-order valence-electron chi connectivity index (χ0n) is 23.2. The van der Waals surface area contributed by atoms with Crippen LogP contribution in [0.4, 0.5) is 0 Å². The summed E-state index contributed by atoms with van der Waals surface area (Å²) in [7, 11) is 0. The maximum absolute atomic E-state index is 14.0. The van der Waals surface area contributed by atoms with Gasteiger partial charge in [-0.2, -0.15) is 0 Å². The number of allylic oxidation sites excluding steroid dienone is 2. The van der Waals surface area contributed by atoms with Crippen LogP contribution in [0, 0.1) is 39.4 Å². The second-order valence-corrected chi connectivity index (χ2v) is 13.5. The standard InChI is InChI=1S/C30H42O7/c1-15(10-17(31)11-16(2)26(36)37)18-12-23(35)30(7)25-19(32)13-21-27(3,4)22(34)8-9-28(21,5)24(25)20(33)14-29(18,30)6/h12,15-16,21-23,34-35H,8-11,13-14H2,1-7H3,(H,36,37)/t15-,16?,21+,22+,23+,28+,29-,30+/m1/s1. The van der Waals surface area contributed by atoms with E-state index in [1.54, 1.807) is 6.08 Å². The highest BCUT2D eigenvalue weighted by Crippen LogP contribution is 2.69. The van der Waals surface area contributed by atoms with Gasteiger partial charge >= 0.3 is 5.97 Å². The van der Waals surface area contributed by atoms with Gasteiger partial charge in [-0.05, 0) is 30.1 Å². The Morgan fingerprint density at radius 3 is 2.22 bits per heavy atom. The van der Waals surface area contributed by atoms with Crippen molar-refractivity contribution in [3.8, 4) is 0 Å². The molecule has 4 aliphatic carbocycles. The van der Waals surface area contributed by atoms with Crippen LogP contribution >= 0.6 is 0 Å². The fourth-order valence-electron chi connectivity index (χ4n) is 8.48. The molecule has 0 aliphatic heterocycles. The molecule has 0 radical (unpaired) electrons. The van der Waals surface area contributed by atoms with E-state index in [4.69, 9.17) is 5.11 Å². The van der Waals surface area contributed by atoms with Crippen molar-refractivity contribution in [3.05, 3.63) is 22.8 Å². The van der Waals surface area contributed by atoms with Crippen LogP contribution in [0.3, 0.4) is 0 Å². The predicted molar refractivity (Wildman–Crippen MR) is 137 cm³/mol. The smallest absolute Gasteiger partial charge is 0.306 e. The Hall–Kier alpha value is -2.12. The minimum atomic E-state index is -1.02. The number of carboxylic acid groups (broad SMARTS) is 1. The lowest BCUT2D eigenvalue weighted by atomic mass is 9.42. The van der Waals surface area contributed by atoms with Gasteiger partial charge < -0.3 is 15.3 Å². The van der Waals surface area contributed by atoms with Crippen molar-refractivity contribution in [2.75, 3.05) is 0 Å². The van der Waals surface area contributed by atoms with Crippen molar-refractivity contribution in [3.63, 3.8) is 0 Å². The molecule has 7 heteroatoms. The Morgan fingerprint density at radius 2 is 1.62 bits per heavy atom. The molecule has 4 rings (SSSR count). The van der Waals surface area contributed by atoms with Crippen molar-refractivity contribution in [2.24, 2.45) is 39.4 Å². The molecule has 0 amide bonds. The monoisotopic (exact) mass is 514 g/mol. The number of aliphatic hydroxyl groups excluding tert-OH is 2. The lowest BCUT2D eigenvalue weighted by Crippen LogP contribution is -2.60. The minimum absolute atomic E-state index is 0.0718. The molecule has 0 saturated heterocycles. The number of aliphatic carboxylic acids is 1. The molecule has 4 aliphatic rings. The molecule has 1 unspecified atom stereocenters. The van der Waals surface area contributed by atoms with Gasteiger partial charge in [-0.1, -0.05) is 60.1 Å². The van der Waals surface area contributed by atoms with Gasteiger partial charge in [-0.3, -0.25) is 19.2 Å². The van der Waals surface area contributed by atoms with E-state index in [-0.39, 0.29) is 54.9 Å². The van der Waals surface area contributed by atoms with Gasteiger partial charge in [-0.15, -0.1) is 0 Å². The molecule has 0 aromatic heterocycles. The van der Waals surface area contributed by atoms with Gasteiger partial charge in [0.25, 0.3) is 0 Å². The highest BCUT2D eigenvalue weighted by molar-refractivity contribution is 6.12. The van der Waals surface area contributed by atoms with Crippen LogP contribution in [-0.4, -0.2) is 50.8 Å². The first-order chi connectivity index (χ1) is 16.9. The molecule has 1 fully saturated rings. The van der Waals surface area contributed by atoms with Crippen LogP contribution in [0.5, 0.6) is 0 Å². The first kappa shape index (κ1) is 27.9. The van der Waals surface area contributed by atoms with Gasteiger partial charge in [0.2, 0.25) is 0 Å². The maximum Gasteiger partial charge on any atom is 0.306 e. The number of carbonyl (C=O) groups excluding carboxylic acids is 3. The highest BCUT2D eigenvalue weighted by atomic mass is 16.4. The quantitative estimate of drug-likeness (QED) is 0.456. The Bertz CT molecular complexity index is 1130. The molecular formula is C30H42O7. The van der Waals surface area contributed by atoms with Gasteiger partial charge in [-0.25, -0.2) is 0 Å². The van der Waals surface area contributed by atoms with E-state index < -0.39 is 45.8 Å². The largest absolute Gasteiger partial charge is 0.481 e. The summed E-state index contributed by atoms with van der Waals surface area (Å²) >= 11 is 0. The normalized spacial score (nSPS) is 40.4. The molecule has 1 saturated carbocycles. The molecular weight excluding hydrogens is 472 g/mol. The average Bonchev–Trinajstić information content (AvgIpc) is 2.99. The molecule has 0 aromatic rings. The summed E-state index contributed by atoms with van der Waals surface area (Å²) in [6, 6.07) is 0.